The van der Waals surface area contributed by atoms with Crippen molar-refractivity contribution >= 4 is 33.3 Å². The second-order valence-electron chi connectivity index (χ2n) is 8.36. The molecule has 1 aromatic heterocycles. The SMILES string of the molecule is O=C(CC1(c2ccc(Oc3ccc(Cl)cc3)cc2)CCN(C(=O)c2ccccn2)CCS1(=O)=O)NO. The molecule has 2 heterocycles. The van der Waals surface area contributed by atoms with Crippen LogP contribution in [0, 0.1) is 0 Å². The normalized spacial score (nSPS) is 19.2. The molecule has 0 aliphatic carbocycles. The number of hydroxylamine groups is 1. The van der Waals surface area contributed by atoms with E-state index in [2.05, 4.69) is 4.98 Å². The van der Waals surface area contributed by atoms with Crippen LogP contribution in [0.4, 0.5) is 0 Å². The maximum absolute atomic E-state index is 13.6. The Kier molecular flexibility index (Phi) is 7.58. The molecule has 2 amide bonds. The lowest BCUT2D eigenvalue weighted by Gasteiger charge is -2.32. The number of nitrogens with one attached hydrogen (secondary N) is 1. The van der Waals surface area contributed by atoms with Crippen LogP contribution in [0.1, 0.15) is 28.9 Å². The number of ether oxygens (including phenoxy) is 1. The summed E-state index contributed by atoms with van der Waals surface area (Å²) in [6, 6.07) is 18.1. The van der Waals surface area contributed by atoms with Crippen molar-refractivity contribution in [3.8, 4) is 11.5 Å². The minimum absolute atomic E-state index is 0.0429. The number of nitrogens with zero attached hydrogens (tertiary/aromatic N) is 2. The van der Waals surface area contributed by atoms with E-state index in [1.54, 1.807) is 72.2 Å². The molecule has 4 rings (SSSR count). The van der Waals surface area contributed by atoms with Crippen molar-refractivity contribution in [1.29, 1.82) is 0 Å². The van der Waals surface area contributed by atoms with Gasteiger partial charge in [-0.05, 0) is 60.5 Å². The average Bonchev–Trinajstić information content (AvgIpc) is 3.02. The smallest absolute Gasteiger partial charge is 0.272 e. The van der Waals surface area contributed by atoms with Gasteiger partial charge < -0.3 is 9.64 Å². The van der Waals surface area contributed by atoms with Crippen molar-refractivity contribution in [2.24, 2.45) is 0 Å². The maximum atomic E-state index is 13.6. The minimum atomic E-state index is -3.95. The molecule has 3 aromatic rings. The molecule has 1 aliphatic rings. The van der Waals surface area contributed by atoms with Crippen LogP contribution in [0.25, 0.3) is 0 Å². The van der Waals surface area contributed by atoms with Crippen molar-refractivity contribution in [1.82, 2.24) is 15.4 Å². The number of carbonyl (C=O) groups is 2. The van der Waals surface area contributed by atoms with Gasteiger partial charge in [0.1, 0.15) is 21.9 Å². The second-order valence-corrected chi connectivity index (χ2v) is 11.2. The molecule has 0 radical (unpaired) electrons. The molecular formula is C25H24ClN3O6S. The van der Waals surface area contributed by atoms with Crippen LogP contribution in [0.2, 0.25) is 5.02 Å². The molecule has 1 aliphatic heterocycles. The lowest BCUT2D eigenvalue weighted by atomic mass is 9.90. The molecule has 1 unspecified atom stereocenters. The zero-order valence-electron chi connectivity index (χ0n) is 19.1. The number of pyridine rings is 1. The summed E-state index contributed by atoms with van der Waals surface area (Å²) < 4.78 is 31.4. The Bertz CT molecular complexity index is 1330. The average molecular weight is 530 g/mol. The summed E-state index contributed by atoms with van der Waals surface area (Å²) in [6.45, 7) is 0.0361. The third-order valence-electron chi connectivity index (χ3n) is 6.18. The highest BCUT2D eigenvalue weighted by Gasteiger charge is 2.49. The van der Waals surface area contributed by atoms with Gasteiger partial charge in [0.25, 0.3) is 5.91 Å². The van der Waals surface area contributed by atoms with Crippen LogP contribution in [-0.2, 0) is 19.4 Å². The Morgan fingerprint density at radius 2 is 1.69 bits per heavy atom. The van der Waals surface area contributed by atoms with E-state index in [1.165, 1.54) is 11.1 Å². The van der Waals surface area contributed by atoms with E-state index in [0.717, 1.165) is 0 Å². The van der Waals surface area contributed by atoms with Gasteiger partial charge in [-0.3, -0.25) is 19.8 Å². The van der Waals surface area contributed by atoms with E-state index >= 15 is 0 Å². The lowest BCUT2D eigenvalue weighted by molar-refractivity contribution is -0.130. The predicted molar refractivity (Wildman–Crippen MR) is 133 cm³/mol. The Labute approximate surface area is 213 Å². The molecule has 2 N–H and O–H groups in total. The quantitative estimate of drug-likeness (QED) is 0.369. The van der Waals surface area contributed by atoms with Crippen LogP contribution in [-0.4, -0.2) is 54.2 Å². The van der Waals surface area contributed by atoms with Crippen molar-refractivity contribution in [3.63, 3.8) is 0 Å². The summed E-state index contributed by atoms with van der Waals surface area (Å²) in [5.74, 6) is -0.578. The van der Waals surface area contributed by atoms with Gasteiger partial charge in [0.2, 0.25) is 5.91 Å². The van der Waals surface area contributed by atoms with Crippen LogP contribution >= 0.6 is 11.6 Å². The van der Waals surface area contributed by atoms with Gasteiger partial charge >= 0.3 is 0 Å². The number of amides is 2. The first-order chi connectivity index (χ1) is 17.2. The molecule has 1 fully saturated rings. The first-order valence-corrected chi connectivity index (χ1v) is 13.2. The van der Waals surface area contributed by atoms with Gasteiger partial charge in [0.15, 0.2) is 9.84 Å². The third-order valence-corrected chi connectivity index (χ3v) is 8.93. The molecule has 1 atom stereocenters. The first kappa shape index (κ1) is 25.6. The second kappa shape index (κ2) is 10.7. The fraction of sp³-hybridized carbons (Fsp3) is 0.240. The van der Waals surface area contributed by atoms with Crippen molar-refractivity contribution in [3.05, 3.63) is 89.2 Å². The number of sulfone groups is 1. The molecule has 36 heavy (non-hydrogen) atoms. The van der Waals surface area contributed by atoms with Gasteiger partial charge in [0, 0.05) is 24.3 Å². The van der Waals surface area contributed by atoms with Crippen LogP contribution in [0.5, 0.6) is 11.5 Å². The van der Waals surface area contributed by atoms with Crippen LogP contribution < -0.4 is 10.2 Å². The molecule has 188 valence electrons. The fourth-order valence-corrected chi connectivity index (χ4v) is 6.48. The number of rotatable bonds is 6. The fourth-order valence-electron chi connectivity index (χ4n) is 4.25. The largest absolute Gasteiger partial charge is 0.457 e. The molecule has 9 nitrogen and oxygen atoms in total. The maximum Gasteiger partial charge on any atom is 0.272 e. The first-order valence-electron chi connectivity index (χ1n) is 11.1. The molecule has 11 heteroatoms. The summed E-state index contributed by atoms with van der Waals surface area (Å²) in [6.07, 6.45) is 0.943. The summed E-state index contributed by atoms with van der Waals surface area (Å²) in [4.78, 5) is 30.7. The molecule has 0 bridgehead atoms. The lowest BCUT2D eigenvalue weighted by Crippen LogP contribution is -2.42. The Morgan fingerprint density at radius 1 is 1.03 bits per heavy atom. The number of aromatic nitrogens is 1. The van der Waals surface area contributed by atoms with E-state index in [1.807, 2.05) is 0 Å². The summed E-state index contributed by atoms with van der Waals surface area (Å²) in [5, 5.41) is 9.75. The summed E-state index contributed by atoms with van der Waals surface area (Å²) in [5.41, 5.74) is 2.11. The summed E-state index contributed by atoms with van der Waals surface area (Å²) >= 11 is 5.90. The number of hydrogen-bond acceptors (Lipinski definition) is 7. The molecular weight excluding hydrogens is 506 g/mol. The Morgan fingerprint density at radius 3 is 2.31 bits per heavy atom. The van der Waals surface area contributed by atoms with E-state index in [-0.39, 0.29) is 36.9 Å². The van der Waals surface area contributed by atoms with Crippen LogP contribution in [0.3, 0.4) is 0 Å². The minimum Gasteiger partial charge on any atom is -0.457 e. The molecule has 2 aromatic carbocycles. The van der Waals surface area contributed by atoms with Crippen molar-refractivity contribution in [2.75, 3.05) is 18.8 Å². The van der Waals surface area contributed by atoms with E-state index in [9.17, 15) is 23.2 Å². The zero-order valence-corrected chi connectivity index (χ0v) is 20.7. The van der Waals surface area contributed by atoms with Gasteiger partial charge in [-0.15, -0.1) is 0 Å². The Hall–Kier alpha value is -3.47. The third kappa shape index (κ3) is 5.35. The molecule has 1 saturated heterocycles. The van der Waals surface area contributed by atoms with E-state index in [4.69, 9.17) is 16.3 Å². The summed E-state index contributed by atoms with van der Waals surface area (Å²) in [7, 11) is -3.95. The van der Waals surface area contributed by atoms with Gasteiger partial charge in [-0.1, -0.05) is 29.8 Å². The Balaban J connectivity index is 1.65. The van der Waals surface area contributed by atoms with Gasteiger partial charge in [-0.2, -0.15) is 0 Å². The topological polar surface area (TPSA) is 126 Å². The highest BCUT2D eigenvalue weighted by molar-refractivity contribution is 7.92. The highest BCUT2D eigenvalue weighted by Crippen LogP contribution is 2.41. The number of benzene rings is 2. The highest BCUT2D eigenvalue weighted by atomic mass is 35.5. The molecule has 0 saturated carbocycles. The number of hydrogen-bond donors (Lipinski definition) is 2. The van der Waals surface area contributed by atoms with E-state index < -0.39 is 26.9 Å². The monoisotopic (exact) mass is 529 g/mol. The number of carbonyl (C=O) groups excluding carboxylic acids is 2. The number of halogens is 1. The van der Waals surface area contributed by atoms with Crippen molar-refractivity contribution in [2.45, 2.75) is 17.6 Å². The van der Waals surface area contributed by atoms with Gasteiger partial charge in [-0.25, -0.2) is 13.9 Å². The zero-order chi connectivity index (χ0) is 25.8. The molecule has 0 spiro atoms. The standard InChI is InChI=1S/C25H24ClN3O6S/c26-19-6-10-21(11-7-19)35-20-8-4-18(5-9-20)25(17-23(30)28-32)12-14-29(15-16-36(25,33)34)24(31)22-3-1-2-13-27-22/h1-11,13,32H,12,14-17H2,(H,28,30). The van der Waals surface area contributed by atoms with Gasteiger partial charge in [0.05, 0.1) is 12.2 Å². The van der Waals surface area contributed by atoms with Crippen molar-refractivity contribution < 1.29 is 28.0 Å². The van der Waals surface area contributed by atoms with E-state index in [0.29, 0.717) is 22.1 Å². The predicted octanol–water partition coefficient (Wildman–Crippen LogP) is 3.58. The van der Waals surface area contributed by atoms with Crippen LogP contribution in [0.15, 0.2) is 72.9 Å².